The van der Waals surface area contributed by atoms with E-state index in [0.29, 0.717) is 6.07 Å². The predicted octanol–water partition coefficient (Wildman–Crippen LogP) is 4.83. The van der Waals surface area contributed by atoms with Crippen LogP contribution in [0.15, 0.2) is 77.7 Å². The van der Waals surface area contributed by atoms with Crippen LogP contribution in [0, 0.1) is 11.7 Å². The Morgan fingerprint density at radius 1 is 0.875 bits per heavy atom. The van der Waals surface area contributed by atoms with Crippen molar-refractivity contribution in [2.75, 3.05) is 23.1 Å². The molecule has 1 amide bonds. The molecule has 3 aromatic carbocycles. The largest absolute Gasteiger partial charge is 0.416 e. The van der Waals surface area contributed by atoms with Crippen molar-refractivity contribution in [1.29, 1.82) is 0 Å². The monoisotopic (exact) mass is 599 g/mol. The molecule has 4 rings (SSSR count). The van der Waals surface area contributed by atoms with Gasteiger partial charge in [-0.1, -0.05) is 24.3 Å². The number of rotatable bonds is 8. The summed E-state index contributed by atoms with van der Waals surface area (Å²) in [6, 6.07) is 14.5. The van der Waals surface area contributed by atoms with Gasteiger partial charge in [0, 0.05) is 35.9 Å². The Morgan fingerprint density at radius 2 is 1.52 bits per heavy atom. The summed E-state index contributed by atoms with van der Waals surface area (Å²) in [6.45, 7) is 0.181. The average Bonchev–Trinajstić information content (AvgIpc) is 2.90. The van der Waals surface area contributed by atoms with E-state index >= 15 is 0 Å². The van der Waals surface area contributed by atoms with Gasteiger partial charge in [0.2, 0.25) is 15.9 Å². The van der Waals surface area contributed by atoms with Crippen molar-refractivity contribution in [2.45, 2.75) is 29.7 Å². The number of hydrogen-bond acceptors (Lipinski definition) is 5. The SMILES string of the molecule is O=C(Nc1ccc(S(=O)(=O)Nc2cccc(C(F)(F)F)c2)cc1)C1CCN(S(=O)(=O)Cc2ccccc2F)CC1. The molecule has 8 nitrogen and oxygen atoms in total. The van der Waals surface area contributed by atoms with Gasteiger partial charge in [0.25, 0.3) is 10.0 Å². The summed E-state index contributed by atoms with van der Waals surface area (Å²) >= 11 is 0. The molecule has 1 saturated heterocycles. The molecule has 0 aromatic heterocycles. The van der Waals surface area contributed by atoms with Crippen molar-refractivity contribution in [1.82, 2.24) is 4.31 Å². The summed E-state index contributed by atoms with van der Waals surface area (Å²) < 4.78 is 107. The van der Waals surface area contributed by atoms with Gasteiger partial charge in [0.1, 0.15) is 5.82 Å². The van der Waals surface area contributed by atoms with Gasteiger partial charge in [-0.15, -0.1) is 0 Å². The van der Waals surface area contributed by atoms with Crippen LogP contribution in [-0.4, -0.2) is 40.1 Å². The highest BCUT2D eigenvalue weighted by Crippen LogP contribution is 2.31. The summed E-state index contributed by atoms with van der Waals surface area (Å²) in [5.74, 6) is -1.95. The number of hydrogen-bond donors (Lipinski definition) is 2. The topological polar surface area (TPSA) is 113 Å². The fraction of sp³-hybridized carbons (Fsp3) is 0.269. The molecular formula is C26H25F4N3O5S2. The highest BCUT2D eigenvalue weighted by atomic mass is 32.2. The normalized spacial score (nSPS) is 15.5. The molecule has 2 N–H and O–H groups in total. The lowest BCUT2D eigenvalue weighted by atomic mass is 9.97. The molecule has 0 spiro atoms. The second-order valence-corrected chi connectivity index (χ2v) is 12.9. The lowest BCUT2D eigenvalue weighted by Gasteiger charge is -2.30. The molecule has 40 heavy (non-hydrogen) atoms. The van der Waals surface area contributed by atoms with Crippen molar-refractivity contribution in [3.63, 3.8) is 0 Å². The van der Waals surface area contributed by atoms with Gasteiger partial charge in [0.05, 0.1) is 16.2 Å². The van der Waals surface area contributed by atoms with Crippen LogP contribution in [0.5, 0.6) is 0 Å². The molecule has 214 valence electrons. The van der Waals surface area contributed by atoms with Gasteiger partial charge < -0.3 is 5.32 Å². The Morgan fingerprint density at radius 3 is 2.15 bits per heavy atom. The fourth-order valence-electron chi connectivity index (χ4n) is 4.23. The van der Waals surface area contributed by atoms with E-state index in [0.717, 1.165) is 12.1 Å². The highest BCUT2D eigenvalue weighted by Gasteiger charge is 2.32. The minimum Gasteiger partial charge on any atom is -0.326 e. The number of sulfonamides is 2. The van der Waals surface area contributed by atoms with Gasteiger partial charge in [-0.05, 0) is 61.4 Å². The maximum Gasteiger partial charge on any atom is 0.416 e. The van der Waals surface area contributed by atoms with E-state index in [1.165, 1.54) is 52.8 Å². The van der Waals surface area contributed by atoms with Crippen molar-refractivity contribution in [3.05, 3.63) is 89.7 Å². The number of halogens is 4. The Labute approximate surface area is 229 Å². The summed E-state index contributed by atoms with van der Waals surface area (Å²) in [6.07, 6.45) is -4.14. The summed E-state index contributed by atoms with van der Waals surface area (Å²) in [7, 11) is -7.98. The smallest absolute Gasteiger partial charge is 0.326 e. The van der Waals surface area contributed by atoms with Crippen LogP contribution in [0.4, 0.5) is 28.9 Å². The van der Waals surface area contributed by atoms with Crippen molar-refractivity contribution in [3.8, 4) is 0 Å². The number of nitrogens with zero attached hydrogens (tertiary/aromatic N) is 1. The average molecular weight is 600 g/mol. The molecule has 1 fully saturated rings. The molecular weight excluding hydrogens is 574 g/mol. The van der Waals surface area contributed by atoms with E-state index in [9.17, 15) is 39.2 Å². The number of carbonyl (C=O) groups excluding carboxylic acids is 1. The zero-order chi connectivity index (χ0) is 29.1. The minimum atomic E-state index is -4.63. The Hall–Kier alpha value is -3.49. The third kappa shape index (κ3) is 7.17. The summed E-state index contributed by atoms with van der Waals surface area (Å²) in [5.41, 5.74) is -0.899. The molecule has 1 heterocycles. The van der Waals surface area contributed by atoms with Crippen molar-refractivity contribution < 1.29 is 39.2 Å². The predicted molar refractivity (Wildman–Crippen MR) is 141 cm³/mol. The summed E-state index contributed by atoms with van der Waals surface area (Å²) in [5, 5.41) is 2.67. The van der Waals surface area contributed by atoms with Crippen molar-refractivity contribution in [2.24, 2.45) is 5.92 Å². The first-order valence-electron chi connectivity index (χ1n) is 12.1. The van der Waals surface area contributed by atoms with Gasteiger partial charge >= 0.3 is 6.18 Å². The first-order valence-corrected chi connectivity index (χ1v) is 15.2. The van der Waals surface area contributed by atoms with Crippen LogP contribution in [0.2, 0.25) is 0 Å². The number of benzene rings is 3. The zero-order valence-electron chi connectivity index (χ0n) is 20.9. The lowest BCUT2D eigenvalue weighted by molar-refractivity contribution is -0.137. The third-order valence-electron chi connectivity index (χ3n) is 6.39. The van der Waals surface area contributed by atoms with Crippen LogP contribution < -0.4 is 10.0 Å². The molecule has 1 aliphatic rings. The Bertz CT molecular complexity index is 1590. The van der Waals surface area contributed by atoms with Crippen LogP contribution in [0.1, 0.15) is 24.0 Å². The number of piperidine rings is 1. The van der Waals surface area contributed by atoms with Gasteiger partial charge in [-0.2, -0.15) is 13.2 Å². The maximum atomic E-state index is 13.9. The van der Waals surface area contributed by atoms with Gasteiger partial charge in [0.15, 0.2) is 0 Å². The van der Waals surface area contributed by atoms with Crippen LogP contribution >= 0.6 is 0 Å². The van der Waals surface area contributed by atoms with Gasteiger partial charge in [-0.25, -0.2) is 25.5 Å². The van der Waals surface area contributed by atoms with E-state index in [-0.39, 0.29) is 53.7 Å². The van der Waals surface area contributed by atoms with Crippen LogP contribution in [-0.2, 0) is 36.8 Å². The van der Waals surface area contributed by atoms with Gasteiger partial charge in [-0.3, -0.25) is 9.52 Å². The molecule has 0 bridgehead atoms. The number of anilines is 2. The maximum absolute atomic E-state index is 13.9. The lowest BCUT2D eigenvalue weighted by Crippen LogP contribution is -2.42. The zero-order valence-corrected chi connectivity index (χ0v) is 22.5. The number of carbonyl (C=O) groups is 1. The third-order valence-corrected chi connectivity index (χ3v) is 9.61. The van der Waals surface area contributed by atoms with E-state index in [1.807, 2.05) is 0 Å². The standard InChI is InChI=1S/C26H25F4N3O5S2/c27-24-7-2-1-4-19(24)17-39(35,36)33-14-12-18(13-15-33)25(34)31-21-8-10-23(11-9-21)40(37,38)32-22-6-3-5-20(16-22)26(28,29)30/h1-11,16,18,32H,12-15,17H2,(H,31,34). The first-order chi connectivity index (χ1) is 18.7. The van der Waals surface area contributed by atoms with Crippen molar-refractivity contribution >= 4 is 37.3 Å². The second kappa shape index (κ2) is 11.6. The molecule has 14 heteroatoms. The molecule has 0 aliphatic carbocycles. The molecule has 0 saturated carbocycles. The molecule has 3 aromatic rings. The molecule has 0 unspecified atom stereocenters. The van der Waals surface area contributed by atoms with E-state index < -0.39 is 49.3 Å². The number of amides is 1. The highest BCUT2D eigenvalue weighted by molar-refractivity contribution is 7.92. The molecule has 0 atom stereocenters. The van der Waals surface area contributed by atoms with E-state index in [1.54, 1.807) is 6.07 Å². The van der Waals surface area contributed by atoms with Crippen LogP contribution in [0.3, 0.4) is 0 Å². The minimum absolute atomic E-state index is 0.0675. The van der Waals surface area contributed by atoms with E-state index in [4.69, 9.17) is 0 Å². The number of alkyl halides is 3. The molecule has 1 aliphatic heterocycles. The first kappa shape index (κ1) is 29.5. The Balaban J connectivity index is 1.33. The summed E-state index contributed by atoms with van der Waals surface area (Å²) in [4.78, 5) is 12.5. The van der Waals surface area contributed by atoms with Crippen LogP contribution in [0.25, 0.3) is 0 Å². The quantitative estimate of drug-likeness (QED) is 0.361. The Kier molecular flexibility index (Phi) is 8.52. The van der Waals surface area contributed by atoms with E-state index in [2.05, 4.69) is 10.0 Å². The second-order valence-electron chi connectivity index (χ2n) is 9.22. The molecule has 0 radical (unpaired) electrons. The number of nitrogens with one attached hydrogen (secondary N) is 2. The fourth-order valence-corrected chi connectivity index (χ4v) is 6.86.